The number of carbonyl (C=O) groups is 5. The highest BCUT2D eigenvalue weighted by Crippen LogP contribution is 2.35. The first-order chi connectivity index (χ1) is 17.6. The third-order valence-electron chi connectivity index (χ3n) is 6.98. The fraction of sp³-hybridized carbons (Fsp3) is 0.250. The summed E-state index contributed by atoms with van der Waals surface area (Å²) in [4.78, 5) is 68.3. The number of imide groups is 2. The Bertz CT molecular complexity index is 1560. The van der Waals surface area contributed by atoms with Crippen molar-refractivity contribution in [2.24, 2.45) is 0 Å². The Balaban J connectivity index is 1.38. The van der Waals surface area contributed by atoms with E-state index in [4.69, 9.17) is 9.15 Å². The molecule has 2 saturated heterocycles. The summed E-state index contributed by atoms with van der Waals surface area (Å²) in [7, 11) is 1.50. The van der Waals surface area contributed by atoms with Crippen LogP contribution in [0.15, 0.2) is 40.9 Å². The molecule has 4 N–H and O–H groups in total. The molecule has 2 fully saturated rings. The van der Waals surface area contributed by atoms with E-state index in [0.717, 1.165) is 5.56 Å². The number of benzene rings is 1. The summed E-state index contributed by atoms with van der Waals surface area (Å²) < 4.78 is 11.1. The maximum Gasteiger partial charge on any atom is 0.322 e. The van der Waals surface area contributed by atoms with Crippen LogP contribution in [0.25, 0.3) is 11.1 Å². The molecule has 0 saturated carbocycles. The van der Waals surface area contributed by atoms with Crippen molar-refractivity contribution in [1.82, 2.24) is 31.2 Å². The first kappa shape index (κ1) is 22.5. The van der Waals surface area contributed by atoms with Gasteiger partial charge in [0.25, 0.3) is 17.7 Å². The monoisotopic (exact) mass is 504 g/mol. The van der Waals surface area contributed by atoms with Gasteiger partial charge >= 0.3 is 12.1 Å². The van der Waals surface area contributed by atoms with Crippen molar-refractivity contribution in [1.29, 1.82) is 0 Å². The summed E-state index contributed by atoms with van der Waals surface area (Å²) in [6.45, 7) is 1.55. The Labute approximate surface area is 208 Å². The summed E-state index contributed by atoms with van der Waals surface area (Å²) in [5, 5.41) is 10.0. The molecular weight excluding hydrogens is 484 g/mol. The van der Waals surface area contributed by atoms with Gasteiger partial charge in [-0.05, 0) is 36.8 Å². The van der Waals surface area contributed by atoms with Crippen molar-refractivity contribution in [2.75, 3.05) is 13.7 Å². The van der Waals surface area contributed by atoms with E-state index in [1.165, 1.54) is 31.2 Å². The summed E-state index contributed by atoms with van der Waals surface area (Å²) in [5.74, 6) is -0.968. The number of hydrogen-bond donors (Lipinski definition) is 4. The molecule has 3 aromatic rings. The van der Waals surface area contributed by atoms with Crippen LogP contribution >= 0.6 is 0 Å². The first-order valence-corrected chi connectivity index (χ1v) is 11.3. The lowest BCUT2D eigenvalue weighted by Crippen LogP contribution is -2.52. The van der Waals surface area contributed by atoms with E-state index in [1.54, 1.807) is 24.3 Å². The molecule has 13 heteroatoms. The molecule has 7 amide bonds. The minimum absolute atomic E-state index is 0.0573. The predicted octanol–water partition coefficient (Wildman–Crippen LogP) is 0.582. The molecule has 5 heterocycles. The van der Waals surface area contributed by atoms with E-state index in [1.807, 2.05) is 0 Å². The molecule has 37 heavy (non-hydrogen) atoms. The highest BCUT2D eigenvalue weighted by molar-refractivity contribution is 6.09. The Morgan fingerprint density at radius 1 is 1.03 bits per heavy atom. The maximum absolute atomic E-state index is 13.2. The van der Waals surface area contributed by atoms with Crippen molar-refractivity contribution in [3.63, 3.8) is 0 Å². The largest absolute Gasteiger partial charge is 0.497 e. The van der Waals surface area contributed by atoms with Gasteiger partial charge in [-0.3, -0.25) is 25.0 Å². The molecular formula is C24H20N6O7. The van der Waals surface area contributed by atoms with Crippen molar-refractivity contribution >= 4 is 40.9 Å². The number of furan rings is 1. The molecule has 1 aromatic carbocycles. The quantitative estimate of drug-likeness (QED) is 0.365. The van der Waals surface area contributed by atoms with Gasteiger partial charge in [-0.25, -0.2) is 14.6 Å². The van der Waals surface area contributed by atoms with Crippen LogP contribution in [-0.4, -0.2) is 53.3 Å². The Hall–Kier alpha value is -4.94. The summed E-state index contributed by atoms with van der Waals surface area (Å²) in [6.07, 6.45) is 1.38. The molecule has 0 radical (unpaired) electrons. The van der Waals surface area contributed by atoms with Gasteiger partial charge in [-0.15, -0.1) is 0 Å². The second-order valence-corrected chi connectivity index (χ2v) is 9.26. The molecule has 6 rings (SSSR count). The van der Waals surface area contributed by atoms with Gasteiger partial charge < -0.3 is 24.7 Å². The third-order valence-corrected chi connectivity index (χ3v) is 6.98. The second-order valence-electron chi connectivity index (χ2n) is 9.26. The van der Waals surface area contributed by atoms with Crippen LogP contribution in [0.2, 0.25) is 0 Å². The second kappa shape index (κ2) is 7.53. The van der Waals surface area contributed by atoms with E-state index < -0.39 is 35.0 Å². The number of aromatic nitrogens is 1. The average Bonchev–Trinajstić information content (AvgIpc) is 3.57. The number of methoxy groups -OCH3 is 1. The molecule has 0 bridgehead atoms. The first-order valence-electron chi connectivity index (χ1n) is 11.3. The maximum atomic E-state index is 13.2. The van der Waals surface area contributed by atoms with E-state index in [0.29, 0.717) is 22.3 Å². The van der Waals surface area contributed by atoms with Crippen molar-refractivity contribution in [3.05, 3.63) is 59.0 Å². The highest BCUT2D eigenvalue weighted by atomic mass is 16.5. The lowest BCUT2D eigenvalue weighted by Gasteiger charge is -2.28. The standard InChI is InChI=1S/C24H20N6O7/c1-23(19(32)26-21(34)28-23)13-5-12-6-16(37-17(12)25-8-13)24(20(33)27-22(35)29-24)10-30-9-11-3-4-14(36-2)7-15(11)18(30)31/h3-8H,9-10H2,1-2H3,(H2,26,28,32,34)(H2,27,29,33,35). The topological polar surface area (TPSA) is 172 Å². The zero-order valence-corrected chi connectivity index (χ0v) is 19.6. The Morgan fingerprint density at radius 2 is 1.78 bits per heavy atom. The molecule has 0 spiro atoms. The number of pyridine rings is 1. The molecule has 3 aliphatic heterocycles. The molecule has 188 valence electrons. The average molecular weight is 504 g/mol. The number of urea groups is 2. The van der Waals surface area contributed by atoms with E-state index >= 15 is 0 Å². The number of hydrogen-bond acceptors (Lipinski definition) is 8. The molecule has 2 unspecified atom stereocenters. The van der Waals surface area contributed by atoms with Crippen LogP contribution in [0.5, 0.6) is 5.75 Å². The normalized spacial score (nSPS) is 24.7. The number of nitrogens with zero attached hydrogens (tertiary/aromatic N) is 2. The van der Waals surface area contributed by atoms with Gasteiger partial charge in [-0.1, -0.05) is 6.07 Å². The minimum Gasteiger partial charge on any atom is -0.497 e. The molecule has 0 aliphatic carbocycles. The zero-order valence-electron chi connectivity index (χ0n) is 19.6. The van der Waals surface area contributed by atoms with Crippen molar-refractivity contribution in [2.45, 2.75) is 24.5 Å². The van der Waals surface area contributed by atoms with E-state index in [9.17, 15) is 24.0 Å². The molecule has 2 atom stereocenters. The fourth-order valence-corrected chi connectivity index (χ4v) is 4.90. The van der Waals surface area contributed by atoms with Crippen LogP contribution in [-0.2, 0) is 27.2 Å². The number of amides is 7. The highest BCUT2D eigenvalue weighted by Gasteiger charge is 2.53. The lowest BCUT2D eigenvalue weighted by molar-refractivity contribution is -0.125. The number of nitrogens with one attached hydrogen (secondary N) is 4. The van der Waals surface area contributed by atoms with Crippen molar-refractivity contribution < 1.29 is 33.1 Å². The van der Waals surface area contributed by atoms with E-state index in [-0.39, 0.29) is 30.5 Å². The van der Waals surface area contributed by atoms with Gasteiger partial charge in [0.2, 0.25) is 5.71 Å². The van der Waals surface area contributed by atoms with Crippen molar-refractivity contribution in [3.8, 4) is 5.75 Å². The van der Waals surface area contributed by atoms with Gasteiger partial charge in [0.05, 0.1) is 13.7 Å². The minimum atomic E-state index is -1.72. The molecule has 13 nitrogen and oxygen atoms in total. The SMILES string of the molecule is COc1ccc2c(c1)C(=O)N(CC1(c3cc4cc(C5(C)NC(=O)NC5=O)cnc4o3)NC(=O)NC1=O)C2. The van der Waals surface area contributed by atoms with Gasteiger partial charge in [0.15, 0.2) is 5.54 Å². The fourth-order valence-electron chi connectivity index (χ4n) is 4.90. The number of fused-ring (bicyclic) bond motifs is 2. The molecule has 2 aromatic heterocycles. The third kappa shape index (κ3) is 3.23. The Morgan fingerprint density at radius 3 is 2.46 bits per heavy atom. The lowest BCUT2D eigenvalue weighted by atomic mass is 9.92. The van der Waals surface area contributed by atoms with Crippen LogP contribution in [0.3, 0.4) is 0 Å². The summed E-state index contributed by atoms with van der Waals surface area (Å²) in [5.41, 5.74) is -1.33. The van der Waals surface area contributed by atoms with Gasteiger partial charge in [0, 0.05) is 29.3 Å². The zero-order chi connectivity index (χ0) is 26.1. The van der Waals surface area contributed by atoms with E-state index in [2.05, 4.69) is 26.3 Å². The van der Waals surface area contributed by atoms with Crippen LogP contribution in [0, 0.1) is 0 Å². The number of rotatable bonds is 5. The number of ether oxygens (including phenoxy) is 1. The smallest absolute Gasteiger partial charge is 0.322 e. The van der Waals surface area contributed by atoms with Crippen LogP contribution < -0.4 is 26.0 Å². The van der Waals surface area contributed by atoms with Crippen LogP contribution in [0.4, 0.5) is 9.59 Å². The summed E-state index contributed by atoms with van der Waals surface area (Å²) >= 11 is 0. The van der Waals surface area contributed by atoms with Gasteiger partial charge in [-0.2, -0.15) is 0 Å². The predicted molar refractivity (Wildman–Crippen MR) is 124 cm³/mol. The number of carbonyl (C=O) groups excluding carboxylic acids is 5. The van der Waals surface area contributed by atoms with Gasteiger partial charge in [0.1, 0.15) is 17.0 Å². The summed E-state index contributed by atoms with van der Waals surface area (Å²) in [6, 6.07) is 6.91. The Kier molecular flexibility index (Phi) is 4.58. The molecule has 3 aliphatic rings. The van der Waals surface area contributed by atoms with Crippen LogP contribution in [0.1, 0.15) is 34.2 Å².